The first-order valence-electron chi connectivity index (χ1n) is 12.8. The Labute approximate surface area is 242 Å². The molecular weight excluding hydrogens is 574 g/mol. The highest BCUT2D eigenvalue weighted by atomic mass is 79.9. The number of thiocarbonyl (C=S) groups is 1. The Morgan fingerprint density at radius 1 is 1.13 bits per heavy atom. The number of carbonyl (C=O) groups excluding carboxylic acids is 1. The summed E-state index contributed by atoms with van der Waals surface area (Å²) in [4.78, 5) is 18.9. The number of hydrogen-bond acceptors (Lipinski definition) is 4. The van der Waals surface area contributed by atoms with Crippen LogP contribution in [-0.2, 0) is 4.79 Å². The van der Waals surface area contributed by atoms with Gasteiger partial charge >= 0.3 is 0 Å². The fourth-order valence-corrected chi connectivity index (χ4v) is 6.02. The van der Waals surface area contributed by atoms with Crippen LogP contribution in [0.15, 0.2) is 77.4 Å². The number of halogens is 1. The molecule has 1 saturated heterocycles. The largest absolute Gasteiger partial charge is 0.494 e. The van der Waals surface area contributed by atoms with E-state index < -0.39 is 0 Å². The summed E-state index contributed by atoms with van der Waals surface area (Å²) in [6.45, 7) is 6.07. The van der Waals surface area contributed by atoms with Crippen molar-refractivity contribution in [1.29, 1.82) is 0 Å². The Hall–Kier alpha value is -3.69. The van der Waals surface area contributed by atoms with E-state index in [0.29, 0.717) is 23.0 Å². The molecule has 2 aromatic carbocycles. The second-order valence-electron chi connectivity index (χ2n) is 9.40. The molecule has 4 aromatic rings. The lowest BCUT2D eigenvalue weighted by atomic mass is 9.96. The molecule has 7 nitrogen and oxygen atoms in total. The highest BCUT2D eigenvalue weighted by molar-refractivity contribution is 9.10. The zero-order valence-corrected chi connectivity index (χ0v) is 24.6. The molecule has 9 heteroatoms. The van der Waals surface area contributed by atoms with E-state index >= 15 is 0 Å². The van der Waals surface area contributed by atoms with Gasteiger partial charge in [0.25, 0.3) is 0 Å². The van der Waals surface area contributed by atoms with Crippen LogP contribution in [0.5, 0.6) is 5.75 Å². The summed E-state index contributed by atoms with van der Waals surface area (Å²) in [5.41, 5.74) is 6.81. The molecule has 39 heavy (non-hydrogen) atoms. The monoisotopic (exact) mass is 603 g/mol. The molecule has 2 N–H and O–H groups in total. The smallest absolute Gasteiger partial charge is 0.224 e. The molecule has 0 radical (unpaired) electrons. The van der Waals surface area contributed by atoms with Crippen molar-refractivity contribution < 1.29 is 9.53 Å². The summed E-state index contributed by atoms with van der Waals surface area (Å²) in [5.74, 6) is 0.489. The van der Waals surface area contributed by atoms with Gasteiger partial charge in [0, 0.05) is 40.2 Å². The molecule has 200 valence electrons. The molecule has 0 saturated carbocycles. The summed E-state index contributed by atoms with van der Waals surface area (Å²) in [6.07, 6.45) is 2.18. The highest BCUT2D eigenvalue weighted by Gasteiger charge is 2.42. The lowest BCUT2D eigenvalue weighted by Gasteiger charge is -2.29. The van der Waals surface area contributed by atoms with Crippen LogP contribution < -0.4 is 20.3 Å². The fourth-order valence-electron chi connectivity index (χ4n) is 5.21. The number of ether oxygens (including phenoxy) is 1. The van der Waals surface area contributed by atoms with E-state index in [4.69, 9.17) is 17.0 Å². The van der Waals surface area contributed by atoms with Crippen LogP contribution in [0.2, 0.25) is 0 Å². The number of anilines is 2. The minimum absolute atomic E-state index is 0.0768. The SMILES string of the molecule is CCC(=O)Nc1ccc(N2C(=S)N[C@@H](c3ccccn3)[C@H]2c2cc(C)n(-c3ccccc3Br)c2C)cc1OC. The first kappa shape index (κ1) is 26.9. The van der Waals surface area contributed by atoms with Gasteiger partial charge in [-0.3, -0.25) is 9.78 Å². The van der Waals surface area contributed by atoms with E-state index in [2.05, 4.69) is 67.0 Å². The van der Waals surface area contributed by atoms with Gasteiger partial charge in [0.15, 0.2) is 5.11 Å². The van der Waals surface area contributed by atoms with Crippen molar-refractivity contribution in [2.24, 2.45) is 0 Å². The van der Waals surface area contributed by atoms with Crippen molar-refractivity contribution in [3.8, 4) is 11.4 Å². The highest BCUT2D eigenvalue weighted by Crippen LogP contribution is 2.45. The Balaban J connectivity index is 1.66. The van der Waals surface area contributed by atoms with Crippen molar-refractivity contribution in [1.82, 2.24) is 14.9 Å². The van der Waals surface area contributed by atoms with Gasteiger partial charge < -0.3 is 24.8 Å². The number of amides is 1. The number of aromatic nitrogens is 2. The predicted octanol–water partition coefficient (Wildman–Crippen LogP) is 6.79. The zero-order chi connectivity index (χ0) is 27.7. The molecule has 1 aliphatic heterocycles. The topological polar surface area (TPSA) is 71.4 Å². The Morgan fingerprint density at radius 3 is 2.59 bits per heavy atom. The second kappa shape index (κ2) is 11.2. The van der Waals surface area contributed by atoms with E-state index in [0.717, 1.165) is 38.5 Å². The molecule has 3 heterocycles. The second-order valence-corrected chi connectivity index (χ2v) is 10.6. The summed E-state index contributed by atoms with van der Waals surface area (Å²) < 4.78 is 8.95. The van der Waals surface area contributed by atoms with E-state index in [9.17, 15) is 4.79 Å². The van der Waals surface area contributed by atoms with Crippen LogP contribution in [0.3, 0.4) is 0 Å². The molecule has 5 rings (SSSR count). The van der Waals surface area contributed by atoms with Crippen molar-refractivity contribution >= 4 is 50.5 Å². The van der Waals surface area contributed by atoms with Crippen molar-refractivity contribution in [2.45, 2.75) is 39.3 Å². The number of aryl methyl sites for hydroxylation is 1. The third-order valence-corrected chi connectivity index (χ3v) is 8.02. The molecule has 1 amide bonds. The van der Waals surface area contributed by atoms with Gasteiger partial charge in [-0.05, 0) is 90.0 Å². The minimum atomic E-state index is -0.185. The number of nitrogens with zero attached hydrogens (tertiary/aromatic N) is 3. The van der Waals surface area contributed by atoms with Crippen LogP contribution >= 0.6 is 28.1 Å². The Kier molecular flexibility index (Phi) is 7.72. The maximum atomic E-state index is 12.1. The lowest BCUT2D eigenvalue weighted by molar-refractivity contribution is -0.115. The molecule has 2 aromatic heterocycles. The first-order chi connectivity index (χ1) is 18.8. The predicted molar refractivity (Wildman–Crippen MR) is 163 cm³/mol. The van der Waals surface area contributed by atoms with Crippen LogP contribution in [-0.4, -0.2) is 27.7 Å². The quantitative estimate of drug-likeness (QED) is 0.227. The molecule has 1 aliphatic rings. The zero-order valence-electron chi connectivity index (χ0n) is 22.2. The molecule has 1 fully saturated rings. The van der Waals surface area contributed by atoms with Gasteiger partial charge in [-0.15, -0.1) is 0 Å². The number of carbonyl (C=O) groups is 1. The molecular formula is C30H30BrN5O2S. The Bertz CT molecular complexity index is 1540. The summed E-state index contributed by atoms with van der Waals surface area (Å²) >= 11 is 9.66. The third kappa shape index (κ3) is 5.04. The van der Waals surface area contributed by atoms with Gasteiger partial charge in [-0.1, -0.05) is 25.1 Å². The van der Waals surface area contributed by atoms with E-state index in [-0.39, 0.29) is 18.0 Å². The molecule has 2 atom stereocenters. The Morgan fingerprint density at radius 2 is 1.90 bits per heavy atom. The average molecular weight is 605 g/mol. The van der Waals surface area contributed by atoms with E-state index in [1.807, 2.05) is 61.5 Å². The first-order valence-corrected chi connectivity index (χ1v) is 14.0. The van der Waals surface area contributed by atoms with Crippen LogP contribution in [0.25, 0.3) is 5.69 Å². The number of para-hydroxylation sites is 1. The van der Waals surface area contributed by atoms with Crippen LogP contribution in [0.1, 0.15) is 48.1 Å². The lowest BCUT2D eigenvalue weighted by Crippen LogP contribution is -2.29. The third-order valence-electron chi connectivity index (χ3n) is 7.04. The van der Waals surface area contributed by atoms with E-state index in [1.54, 1.807) is 13.3 Å². The number of nitrogens with one attached hydrogen (secondary N) is 2. The fraction of sp³-hybridized carbons (Fsp3) is 0.233. The average Bonchev–Trinajstić information content (AvgIpc) is 3.44. The number of benzene rings is 2. The van der Waals surface area contributed by atoms with Crippen LogP contribution in [0, 0.1) is 13.8 Å². The minimum Gasteiger partial charge on any atom is -0.494 e. The molecule has 0 aliphatic carbocycles. The molecule has 0 bridgehead atoms. The molecule has 0 spiro atoms. The van der Waals surface area contributed by atoms with Gasteiger partial charge in [0.2, 0.25) is 5.91 Å². The maximum Gasteiger partial charge on any atom is 0.224 e. The van der Waals surface area contributed by atoms with Crippen molar-refractivity contribution in [3.63, 3.8) is 0 Å². The van der Waals surface area contributed by atoms with Crippen molar-refractivity contribution in [3.05, 3.63) is 100 Å². The number of hydrogen-bond donors (Lipinski definition) is 2. The van der Waals surface area contributed by atoms with Crippen LogP contribution in [0.4, 0.5) is 11.4 Å². The molecule has 0 unspecified atom stereocenters. The maximum absolute atomic E-state index is 12.1. The number of pyridine rings is 1. The van der Waals surface area contributed by atoms with Crippen molar-refractivity contribution in [2.75, 3.05) is 17.3 Å². The normalized spacial score (nSPS) is 16.7. The summed E-state index contributed by atoms with van der Waals surface area (Å²) in [6, 6.07) is 21.7. The van der Waals surface area contributed by atoms with Gasteiger partial charge in [0.05, 0.1) is 36.3 Å². The number of rotatable bonds is 7. The van der Waals surface area contributed by atoms with Gasteiger partial charge in [-0.25, -0.2) is 0 Å². The van der Waals surface area contributed by atoms with Gasteiger partial charge in [-0.2, -0.15) is 0 Å². The van der Waals surface area contributed by atoms with Gasteiger partial charge in [0.1, 0.15) is 5.75 Å². The number of methoxy groups -OCH3 is 1. The summed E-state index contributed by atoms with van der Waals surface area (Å²) in [7, 11) is 1.60. The van der Waals surface area contributed by atoms with E-state index in [1.165, 1.54) is 0 Å². The standard InChI is InChI=1S/C30H30BrN5O2S/c1-5-27(37)33-23-14-13-20(17-26(23)38-4)36-29(28(34-30(36)39)24-11-8-9-15-32-24)21-16-18(2)35(19(21)3)25-12-7-6-10-22(25)31/h6-17,28-29H,5H2,1-4H3,(H,33,37)(H,34,39)/t28-,29+/m0/s1. The summed E-state index contributed by atoms with van der Waals surface area (Å²) in [5, 5.41) is 7.04.